The standard InChI is InChI=1S/C27H20ClF3N8/c28-21-8-17(35-25(14-1-3-16(29)4-2-14)23-13-39(38-37-23)19-5-6-19)7-20-24(15(10-32)11-33-26(20)21)36-18-9-22(30)27(31)34-12-18/h1-4,7-9,11-13,19,25,35,37-38H,5-6H2,(H,33,36). The van der Waals surface area contributed by atoms with Gasteiger partial charge in [0, 0.05) is 35.6 Å². The third-order valence-electron chi connectivity index (χ3n) is 6.48. The van der Waals surface area contributed by atoms with Gasteiger partial charge in [-0.15, -0.1) is 5.53 Å². The first-order chi connectivity index (χ1) is 18.9. The van der Waals surface area contributed by atoms with Gasteiger partial charge in [-0.05, 0) is 42.7 Å². The fourth-order valence-corrected chi connectivity index (χ4v) is 4.67. The molecule has 6 rings (SSSR count). The van der Waals surface area contributed by atoms with Crippen LogP contribution in [0, 0.1) is 28.9 Å². The minimum atomic E-state index is -1.23. The van der Waals surface area contributed by atoms with Crippen LogP contribution in [0.25, 0.3) is 10.9 Å². The lowest BCUT2D eigenvalue weighted by Gasteiger charge is -2.22. The predicted molar refractivity (Wildman–Crippen MR) is 141 cm³/mol. The highest BCUT2D eigenvalue weighted by atomic mass is 35.5. The van der Waals surface area contributed by atoms with Gasteiger partial charge in [0.25, 0.3) is 0 Å². The first-order valence-corrected chi connectivity index (χ1v) is 12.4. The zero-order chi connectivity index (χ0) is 27.1. The van der Waals surface area contributed by atoms with E-state index in [1.54, 1.807) is 24.3 Å². The molecule has 2 aromatic carbocycles. The van der Waals surface area contributed by atoms with Crippen molar-refractivity contribution in [1.82, 2.24) is 25.9 Å². The summed E-state index contributed by atoms with van der Waals surface area (Å²) < 4.78 is 40.9. The second-order valence-corrected chi connectivity index (χ2v) is 9.63. The Hall–Kier alpha value is -4.53. The van der Waals surface area contributed by atoms with Crippen LogP contribution in [0.15, 0.2) is 66.8 Å². The van der Waals surface area contributed by atoms with E-state index in [1.807, 2.05) is 11.2 Å². The normalized spacial score (nSPS) is 15.5. The van der Waals surface area contributed by atoms with E-state index < -0.39 is 17.8 Å². The summed E-state index contributed by atoms with van der Waals surface area (Å²) in [6.07, 6.45) is 6.62. The summed E-state index contributed by atoms with van der Waals surface area (Å²) in [7, 11) is 0. The van der Waals surface area contributed by atoms with Crippen molar-refractivity contribution in [3.8, 4) is 6.07 Å². The number of nitrogens with zero attached hydrogens (tertiary/aromatic N) is 4. The fraction of sp³-hybridized carbons (Fsp3) is 0.148. The molecule has 3 heterocycles. The topological polar surface area (TPSA) is 101 Å². The number of fused-ring (bicyclic) bond motifs is 1. The Morgan fingerprint density at radius 2 is 1.85 bits per heavy atom. The zero-order valence-corrected chi connectivity index (χ0v) is 20.9. The fourth-order valence-electron chi connectivity index (χ4n) is 4.40. The van der Waals surface area contributed by atoms with Crippen molar-refractivity contribution in [3.05, 3.63) is 100 Å². The Kier molecular flexibility index (Phi) is 6.34. The van der Waals surface area contributed by atoms with Crippen LogP contribution in [0.4, 0.5) is 30.2 Å². The summed E-state index contributed by atoms with van der Waals surface area (Å²) in [5.74, 6) is -2.72. The number of hydrazine groups is 2. The molecule has 196 valence electrons. The first-order valence-electron chi connectivity index (χ1n) is 12.0. The van der Waals surface area contributed by atoms with Gasteiger partial charge in [-0.1, -0.05) is 23.7 Å². The van der Waals surface area contributed by atoms with E-state index in [1.165, 1.54) is 18.3 Å². The molecule has 1 aliphatic carbocycles. The lowest BCUT2D eigenvalue weighted by atomic mass is 10.0. The van der Waals surface area contributed by atoms with Crippen LogP contribution in [0.1, 0.15) is 30.0 Å². The number of anilines is 3. The number of hydrogen-bond donors (Lipinski definition) is 4. The van der Waals surface area contributed by atoms with Gasteiger partial charge in [0.15, 0.2) is 5.82 Å². The maximum Gasteiger partial charge on any atom is 0.249 e. The third kappa shape index (κ3) is 4.99. The summed E-state index contributed by atoms with van der Waals surface area (Å²) in [5.41, 5.74) is 9.53. The van der Waals surface area contributed by atoms with E-state index in [2.05, 4.69) is 37.6 Å². The molecule has 2 aliphatic rings. The zero-order valence-electron chi connectivity index (χ0n) is 20.1. The Morgan fingerprint density at radius 1 is 1.05 bits per heavy atom. The van der Waals surface area contributed by atoms with Gasteiger partial charge in [-0.3, -0.25) is 9.99 Å². The van der Waals surface area contributed by atoms with Crippen LogP contribution in [0.3, 0.4) is 0 Å². The Balaban J connectivity index is 1.42. The molecule has 8 nitrogen and oxygen atoms in total. The van der Waals surface area contributed by atoms with Gasteiger partial charge in [0.05, 0.1) is 45.4 Å². The van der Waals surface area contributed by atoms with Crippen LogP contribution in [0.5, 0.6) is 0 Å². The number of halogens is 4. The highest BCUT2D eigenvalue weighted by Gasteiger charge is 2.32. The van der Waals surface area contributed by atoms with Crippen molar-refractivity contribution in [2.24, 2.45) is 0 Å². The maximum atomic E-state index is 13.8. The van der Waals surface area contributed by atoms with E-state index in [0.29, 0.717) is 33.3 Å². The molecule has 1 fully saturated rings. The molecule has 1 aliphatic heterocycles. The molecule has 0 saturated heterocycles. The minimum Gasteiger partial charge on any atom is -0.373 e. The van der Waals surface area contributed by atoms with Gasteiger partial charge >= 0.3 is 0 Å². The summed E-state index contributed by atoms with van der Waals surface area (Å²) in [6, 6.07) is 12.6. The summed E-state index contributed by atoms with van der Waals surface area (Å²) in [6.45, 7) is 0. The number of nitrogens with one attached hydrogen (secondary N) is 4. The molecule has 2 aromatic heterocycles. The van der Waals surface area contributed by atoms with Crippen molar-refractivity contribution in [2.45, 2.75) is 24.9 Å². The summed E-state index contributed by atoms with van der Waals surface area (Å²) in [5, 5.41) is 18.9. The van der Waals surface area contributed by atoms with Crippen LogP contribution < -0.4 is 21.6 Å². The van der Waals surface area contributed by atoms with Crippen molar-refractivity contribution < 1.29 is 13.2 Å². The van der Waals surface area contributed by atoms with Crippen LogP contribution in [-0.4, -0.2) is 21.0 Å². The molecule has 1 saturated carbocycles. The second kappa shape index (κ2) is 9.98. The lowest BCUT2D eigenvalue weighted by Crippen LogP contribution is -2.38. The smallest absolute Gasteiger partial charge is 0.249 e. The Bertz CT molecular complexity index is 1650. The monoisotopic (exact) mass is 548 g/mol. The van der Waals surface area contributed by atoms with E-state index >= 15 is 0 Å². The quantitative estimate of drug-likeness (QED) is 0.215. The molecule has 1 atom stereocenters. The number of pyridine rings is 2. The van der Waals surface area contributed by atoms with Gasteiger partial charge in [0.1, 0.15) is 11.9 Å². The summed E-state index contributed by atoms with van der Waals surface area (Å²) >= 11 is 6.63. The van der Waals surface area contributed by atoms with Crippen molar-refractivity contribution in [2.75, 3.05) is 10.6 Å². The van der Waals surface area contributed by atoms with Gasteiger partial charge < -0.3 is 16.1 Å². The number of benzene rings is 2. The summed E-state index contributed by atoms with van der Waals surface area (Å²) in [4.78, 5) is 7.73. The van der Waals surface area contributed by atoms with Crippen LogP contribution >= 0.6 is 11.6 Å². The minimum absolute atomic E-state index is 0.142. The van der Waals surface area contributed by atoms with E-state index in [9.17, 15) is 18.4 Å². The highest BCUT2D eigenvalue weighted by Crippen LogP contribution is 2.37. The van der Waals surface area contributed by atoms with E-state index in [-0.39, 0.29) is 17.1 Å². The van der Waals surface area contributed by atoms with Gasteiger partial charge in [-0.2, -0.15) is 9.65 Å². The average molecular weight is 549 g/mol. The number of aromatic nitrogens is 2. The SMILES string of the molecule is N#Cc1cnc2c(Cl)cc(NC(C3=CN(C4CC4)NN3)c3ccc(F)cc3)cc2c1Nc1cnc(F)c(F)c1. The predicted octanol–water partition coefficient (Wildman–Crippen LogP) is 5.80. The molecule has 0 amide bonds. The van der Waals surface area contributed by atoms with Crippen LogP contribution in [-0.2, 0) is 0 Å². The third-order valence-corrected chi connectivity index (χ3v) is 6.77. The highest BCUT2D eigenvalue weighted by molar-refractivity contribution is 6.36. The molecule has 39 heavy (non-hydrogen) atoms. The first kappa shape index (κ1) is 24.8. The van der Waals surface area contributed by atoms with Crippen LogP contribution in [0.2, 0.25) is 5.02 Å². The van der Waals surface area contributed by atoms with Gasteiger partial charge in [-0.25, -0.2) is 13.8 Å². The van der Waals surface area contributed by atoms with Crippen molar-refractivity contribution >= 4 is 39.6 Å². The molecular weight excluding hydrogens is 529 g/mol. The molecule has 0 radical (unpaired) electrons. The molecule has 1 unspecified atom stereocenters. The molecular formula is C27H20ClF3N8. The molecule has 0 bridgehead atoms. The number of rotatable bonds is 7. The largest absolute Gasteiger partial charge is 0.373 e. The molecule has 4 N–H and O–H groups in total. The van der Waals surface area contributed by atoms with Crippen molar-refractivity contribution in [3.63, 3.8) is 0 Å². The second-order valence-electron chi connectivity index (χ2n) is 9.22. The molecule has 0 spiro atoms. The average Bonchev–Trinajstić information content (AvgIpc) is 3.67. The number of hydrogen-bond acceptors (Lipinski definition) is 8. The Morgan fingerprint density at radius 3 is 2.56 bits per heavy atom. The molecule has 12 heteroatoms. The maximum absolute atomic E-state index is 13.8. The van der Waals surface area contributed by atoms with E-state index in [4.69, 9.17) is 11.6 Å². The Labute approximate surface area is 226 Å². The molecule has 4 aromatic rings. The van der Waals surface area contributed by atoms with E-state index in [0.717, 1.165) is 36.4 Å². The lowest BCUT2D eigenvalue weighted by molar-refractivity contribution is 0.260. The number of nitriles is 1. The van der Waals surface area contributed by atoms with Gasteiger partial charge in [0.2, 0.25) is 5.95 Å². The van der Waals surface area contributed by atoms with Crippen molar-refractivity contribution in [1.29, 1.82) is 5.26 Å².